The van der Waals surface area contributed by atoms with E-state index in [9.17, 15) is 14.4 Å². The van der Waals surface area contributed by atoms with Crippen LogP contribution in [0.1, 0.15) is 18.4 Å². The first-order valence-electron chi connectivity index (χ1n) is 6.50. The van der Waals surface area contributed by atoms with Crippen LogP contribution in [0.2, 0.25) is 0 Å². The van der Waals surface area contributed by atoms with Gasteiger partial charge in [-0.05, 0) is 18.1 Å². The van der Waals surface area contributed by atoms with Gasteiger partial charge < -0.3 is 21.5 Å². The molecule has 114 valence electrons. The summed E-state index contributed by atoms with van der Waals surface area (Å²) < 4.78 is 0. The number of para-hydroxylation sites is 1. The first kappa shape index (κ1) is 16.6. The molecule has 1 unspecified atom stereocenters. The number of benzene rings is 1. The van der Waals surface area contributed by atoms with Gasteiger partial charge in [0.2, 0.25) is 11.8 Å². The number of aliphatic carboxylic acids is 1. The van der Waals surface area contributed by atoms with E-state index < -0.39 is 17.9 Å². The van der Waals surface area contributed by atoms with Gasteiger partial charge in [0.05, 0.1) is 12.5 Å². The molecule has 1 atom stereocenters. The Balaban J connectivity index is 2.71. The lowest BCUT2D eigenvalue weighted by Gasteiger charge is -2.14. The maximum atomic E-state index is 11.9. The molecule has 7 heteroatoms. The lowest BCUT2D eigenvalue weighted by atomic mass is 10.1. The highest BCUT2D eigenvalue weighted by atomic mass is 16.4. The molecule has 0 radical (unpaired) electrons. The van der Waals surface area contributed by atoms with Crippen LogP contribution in [0.5, 0.6) is 0 Å². The van der Waals surface area contributed by atoms with Crippen molar-refractivity contribution in [1.29, 1.82) is 0 Å². The van der Waals surface area contributed by atoms with E-state index in [2.05, 4.69) is 10.6 Å². The standard InChI is InChI=1S/C14H19N3O4/c1-16-12(18)8-9-4-2-3-5-11(9)17-14(21)10(15)6-7-13(19)20/h2-5,10H,6-8,15H2,1H3,(H,16,18)(H,17,21)(H,19,20). The summed E-state index contributed by atoms with van der Waals surface area (Å²) in [4.78, 5) is 33.8. The number of hydrogen-bond donors (Lipinski definition) is 4. The van der Waals surface area contributed by atoms with Gasteiger partial charge in [-0.15, -0.1) is 0 Å². The van der Waals surface area contributed by atoms with Crippen molar-refractivity contribution in [2.75, 3.05) is 12.4 Å². The fourth-order valence-electron chi connectivity index (χ4n) is 1.69. The van der Waals surface area contributed by atoms with E-state index in [0.29, 0.717) is 11.3 Å². The third-order valence-corrected chi connectivity index (χ3v) is 2.91. The molecule has 0 aromatic heterocycles. The summed E-state index contributed by atoms with van der Waals surface area (Å²) >= 11 is 0. The van der Waals surface area contributed by atoms with E-state index in [1.54, 1.807) is 24.3 Å². The fraction of sp³-hybridized carbons (Fsp3) is 0.357. The van der Waals surface area contributed by atoms with Crippen molar-refractivity contribution in [3.05, 3.63) is 29.8 Å². The number of carbonyl (C=O) groups excluding carboxylic acids is 2. The Labute approximate surface area is 122 Å². The Kier molecular flexibility index (Phi) is 6.35. The highest BCUT2D eigenvalue weighted by Crippen LogP contribution is 2.16. The van der Waals surface area contributed by atoms with Crippen LogP contribution in [-0.4, -0.2) is 36.0 Å². The minimum atomic E-state index is -1.00. The zero-order valence-electron chi connectivity index (χ0n) is 11.8. The van der Waals surface area contributed by atoms with Crippen LogP contribution in [0.25, 0.3) is 0 Å². The molecule has 0 aliphatic rings. The van der Waals surface area contributed by atoms with Gasteiger partial charge in [-0.25, -0.2) is 0 Å². The summed E-state index contributed by atoms with van der Waals surface area (Å²) in [6, 6.07) is 5.98. The number of nitrogens with two attached hydrogens (primary N) is 1. The van der Waals surface area contributed by atoms with Crippen LogP contribution >= 0.6 is 0 Å². The van der Waals surface area contributed by atoms with Crippen molar-refractivity contribution < 1.29 is 19.5 Å². The van der Waals surface area contributed by atoms with E-state index >= 15 is 0 Å². The second-order valence-corrected chi connectivity index (χ2v) is 4.54. The predicted molar refractivity (Wildman–Crippen MR) is 77.7 cm³/mol. The molecule has 1 aromatic rings. The van der Waals surface area contributed by atoms with Crippen LogP contribution in [0, 0.1) is 0 Å². The molecule has 0 heterocycles. The number of anilines is 1. The van der Waals surface area contributed by atoms with E-state index in [1.807, 2.05) is 0 Å². The molecule has 1 rings (SSSR count). The quantitative estimate of drug-likeness (QED) is 0.568. The van der Waals surface area contributed by atoms with Crippen LogP contribution in [0.3, 0.4) is 0 Å². The van der Waals surface area contributed by atoms with Crippen molar-refractivity contribution in [3.63, 3.8) is 0 Å². The second-order valence-electron chi connectivity index (χ2n) is 4.54. The lowest BCUT2D eigenvalue weighted by Crippen LogP contribution is -2.36. The molecule has 0 aliphatic heterocycles. The zero-order chi connectivity index (χ0) is 15.8. The number of hydrogen-bond acceptors (Lipinski definition) is 4. The molecule has 1 aromatic carbocycles. The highest BCUT2D eigenvalue weighted by Gasteiger charge is 2.16. The number of carboxylic acids is 1. The SMILES string of the molecule is CNC(=O)Cc1ccccc1NC(=O)C(N)CCC(=O)O. The molecular formula is C14H19N3O4. The van der Waals surface area contributed by atoms with E-state index in [1.165, 1.54) is 7.05 Å². The molecule has 0 bridgehead atoms. The molecule has 7 nitrogen and oxygen atoms in total. The van der Waals surface area contributed by atoms with Crippen molar-refractivity contribution >= 4 is 23.5 Å². The van der Waals surface area contributed by atoms with Crippen LogP contribution < -0.4 is 16.4 Å². The lowest BCUT2D eigenvalue weighted by molar-refractivity contribution is -0.137. The molecular weight excluding hydrogens is 274 g/mol. The van der Waals surface area contributed by atoms with E-state index in [0.717, 1.165) is 0 Å². The molecule has 0 saturated heterocycles. The Morgan fingerprint density at radius 1 is 1.29 bits per heavy atom. The molecule has 0 saturated carbocycles. The number of amides is 2. The largest absolute Gasteiger partial charge is 0.481 e. The maximum absolute atomic E-state index is 11.9. The maximum Gasteiger partial charge on any atom is 0.303 e. The summed E-state index contributed by atoms with van der Waals surface area (Å²) in [6.45, 7) is 0. The Morgan fingerprint density at radius 2 is 1.95 bits per heavy atom. The molecule has 0 spiro atoms. The minimum absolute atomic E-state index is 0.0543. The highest BCUT2D eigenvalue weighted by molar-refractivity contribution is 5.96. The molecule has 0 aliphatic carbocycles. The summed E-state index contributed by atoms with van der Waals surface area (Å²) in [7, 11) is 1.53. The first-order valence-corrected chi connectivity index (χ1v) is 6.50. The number of nitrogens with one attached hydrogen (secondary N) is 2. The third-order valence-electron chi connectivity index (χ3n) is 2.91. The topological polar surface area (TPSA) is 122 Å². The number of carboxylic acid groups (broad SMARTS) is 1. The fourth-order valence-corrected chi connectivity index (χ4v) is 1.69. The number of rotatable bonds is 7. The number of likely N-dealkylation sites (N-methyl/N-ethyl adjacent to an activating group) is 1. The normalized spacial score (nSPS) is 11.5. The molecule has 5 N–H and O–H groups in total. The summed E-state index contributed by atoms with van der Waals surface area (Å²) in [5, 5.41) is 13.7. The van der Waals surface area contributed by atoms with Gasteiger partial charge in [0, 0.05) is 19.2 Å². The van der Waals surface area contributed by atoms with E-state index in [4.69, 9.17) is 10.8 Å². The number of carbonyl (C=O) groups is 3. The molecule has 21 heavy (non-hydrogen) atoms. The average molecular weight is 293 g/mol. The van der Waals surface area contributed by atoms with Crippen LogP contribution in [0.15, 0.2) is 24.3 Å². The summed E-state index contributed by atoms with van der Waals surface area (Å²) in [5.74, 6) is -1.65. The van der Waals surface area contributed by atoms with Crippen molar-refractivity contribution in [2.24, 2.45) is 5.73 Å². The average Bonchev–Trinajstić information content (AvgIpc) is 2.46. The first-order chi connectivity index (χ1) is 9.93. The van der Waals surface area contributed by atoms with Crippen LogP contribution in [-0.2, 0) is 20.8 Å². The zero-order valence-corrected chi connectivity index (χ0v) is 11.8. The van der Waals surface area contributed by atoms with Gasteiger partial charge in [0.1, 0.15) is 0 Å². The van der Waals surface area contributed by atoms with Crippen molar-refractivity contribution in [2.45, 2.75) is 25.3 Å². The Hall–Kier alpha value is -2.41. The second kappa shape index (κ2) is 8.01. The van der Waals surface area contributed by atoms with Gasteiger partial charge in [-0.3, -0.25) is 14.4 Å². The molecule has 2 amide bonds. The summed E-state index contributed by atoms with van der Waals surface area (Å²) in [6.07, 6.45) is 0.0184. The van der Waals surface area contributed by atoms with Gasteiger partial charge in [-0.2, -0.15) is 0 Å². The van der Waals surface area contributed by atoms with Gasteiger partial charge in [-0.1, -0.05) is 18.2 Å². The van der Waals surface area contributed by atoms with E-state index in [-0.39, 0.29) is 25.2 Å². The Morgan fingerprint density at radius 3 is 2.57 bits per heavy atom. The smallest absolute Gasteiger partial charge is 0.303 e. The van der Waals surface area contributed by atoms with Crippen LogP contribution in [0.4, 0.5) is 5.69 Å². The van der Waals surface area contributed by atoms with Crippen molar-refractivity contribution in [1.82, 2.24) is 5.32 Å². The minimum Gasteiger partial charge on any atom is -0.481 e. The molecule has 0 fully saturated rings. The van der Waals surface area contributed by atoms with Gasteiger partial charge in [0.15, 0.2) is 0 Å². The third kappa shape index (κ3) is 5.62. The predicted octanol–water partition coefficient (Wildman–Crippen LogP) is 0.106. The van der Waals surface area contributed by atoms with Gasteiger partial charge >= 0.3 is 5.97 Å². The monoisotopic (exact) mass is 293 g/mol. The van der Waals surface area contributed by atoms with Gasteiger partial charge in [0.25, 0.3) is 0 Å². The Bertz CT molecular complexity index is 531. The van der Waals surface area contributed by atoms with Crippen molar-refractivity contribution in [3.8, 4) is 0 Å². The summed E-state index contributed by atoms with van der Waals surface area (Å²) in [5.41, 5.74) is 6.80.